The number of hydrogen-bond donors (Lipinski definition) is 2. The number of amides is 5. The first-order valence-electron chi connectivity index (χ1n) is 25.6. The summed E-state index contributed by atoms with van der Waals surface area (Å²) in [6, 6.07) is 0.650. The molecule has 408 valence electrons. The number of aryl methyl sites for hydroxylation is 2. The lowest BCUT2D eigenvalue weighted by atomic mass is 9.64. The molecule has 73 heavy (non-hydrogen) atoms. The van der Waals surface area contributed by atoms with Crippen molar-refractivity contribution in [1.82, 2.24) is 35.1 Å². The Morgan fingerprint density at radius 1 is 1.03 bits per heavy atom. The fourth-order valence-electron chi connectivity index (χ4n) is 10.9. The molecule has 15 nitrogen and oxygen atoms in total. The van der Waals surface area contributed by atoms with E-state index < -0.39 is 118 Å². The van der Waals surface area contributed by atoms with Crippen molar-refractivity contribution < 1.29 is 63.2 Å². The normalized spacial score (nSPS) is 25.9. The van der Waals surface area contributed by atoms with Crippen molar-refractivity contribution in [2.75, 3.05) is 59.8 Å². The quantitative estimate of drug-likeness (QED) is 0.164. The molecule has 2 aliphatic heterocycles. The summed E-state index contributed by atoms with van der Waals surface area (Å²) in [4.78, 5) is 76.2. The Hall–Kier alpha value is -4.57. The third-order valence-corrected chi connectivity index (χ3v) is 16.3. The van der Waals surface area contributed by atoms with Gasteiger partial charge in [0.1, 0.15) is 28.1 Å². The van der Waals surface area contributed by atoms with E-state index in [9.17, 15) is 53.9 Å². The first kappa shape index (κ1) is 57.7. The maximum absolute atomic E-state index is 15.2. The fourth-order valence-corrected chi connectivity index (χ4v) is 11.4. The molecular weight excluding hydrogens is 983 g/mol. The summed E-state index contributed by atoms with van der Waals surface area (Å²) in [7, 11) is 3.55. The maximum atomic E-state index is 15.2. The summed E-state index contributed by atoms with van der Waals surface area (Å²) in [5, 5.41) is 10.3. The zero-order valence-corrected chi connectivity index (χ0v) is 44.3. The average molecular weight is 1060 g/mol. The van der Waals surface area contributed by atoms with Gasteiger partial charge in [0.05, 0.1) is 45.2 Å². The second kappa shape index (κ2) is 22.7. The van der Waals surface area contributed by atoms with E-state index in [1.165, 1.54) is 0 Å². The van der Waals surface area contributed by atoms with Crippen LogP contribution in [0.5, 0.6) is 0 Å². The van der Waals surface area contributed by atoms with Gasteiger partial charge in [-0.05, 0) is 69.0 Å². The zero-order chi connectivity index (χ0) is 54.0. The summed E-state index contributed by atoms with van der Waals surface area (Å²) < 4.78 is 111. The van der Waals surface area contributed by atoms with Gasteiger partial charge in [0.2, 0.25) is 17.7 Å². The number of quaternary nitrogens is 1. The van der Waals surface area contributed by atoms with Crippen molar-refractivity contribution in [3.63, 3.8) is 0 Å². The zero-order valence-electron chi connectivity index (χ0n) is 43.5. The lowest BCUT2D eigenvalue weighted by molar-refractivity contribution is -0.831. The second-order valence-electron chi connectivity index (χ2n) is 22.4. The van der Waals surface area contributed by atoms with Crippen molar-refractivity contribution in [1.29, 1.82) is 0 Å². The largest absolute Gasteiger partial charge is 0.403 e. The van der Waals surface area contributed by atoms with Gasteiger partial charge in [-0.3, -0.25) is 33.2 Å². The van der Waals surface area contributed by atoms with Crippen molar-refractivity contribution in [3.8, 4) is 11.1 Å². The number of halogens is 6. The Morgan fingerprint density at radius 2 is 1.68 bits per heavy atom. The fraction of sp³-hybridized carbons (Fsp3) is 0.725. The minimum atomic E-state index is -5.35. The van der Waals surface area contributed by atoms with E-state index in [4.69, 9.17) is 0 Å². The van der Waals surface area contributed by atoms with Crippen LogP contribution >= 0.6 is 0 Å². The number of likely N-dealkylation sites (tertiary alicyclic amines) is 1. The van der Waals surface area contributed by atoms with Crippen LogP contribution in [0.2, 0.25) is 0 Å². The predicted molar refractivity (Wildman–Crippen MR) is 262 cm³/mol. The Balaban J connectivity index is 1.25. The van der Waals surface area contributed by atoms with Crippen LogP contribution in [0.3, 0.4) is 0 Å². The van der Waals surface area contributed by atoms with Gasteiger partial charge in [0.25, 0.3) is 11.8 Å². The molecule has 2 N–H and O–H groups in total. The van der Waals surface area contributed by atoms with Crippen LogP contribution in [0.1, 0.15) is 102 Å². The SMILES string of the molecule is Cc1ccc(-c2cnn(CCS(C)(=O)=O)c2)c(C[C@H]2C(=O)N(C)CCCCCCC[C@H](N(C)C[C@@H](NC(=O)[C@@H]3C[C@@H](F)CN3C(=O)C3(C(F)(F)F)CC(F)(F)C3)C3CC3)C(=O)N[C@@H](CC(C)C)C(=O)[N+]2(C)C)c1. The Labute approximate surface area is 425 Å². The van der Waals surface area contributed by atoms with Crippen LogP contribution < -0.4 is 10.6 Å². The molecule has 3 heterocycles. The highest BCUT2D eigenvalue weighted by atomic mass is 32.2. The number of benzene rings is 1. The van der Waals surface area contributed by atoms with E-state index in [1.807, 2.05) is 39.0 Å². The van der Waals surface area contributed by atoms with Crippen LogP contribution in [0.4, 0.5) is 26.3 Å². The average Bonchev–Trinajstić information content (AvgIpc) is 3.89. The van der Waals surface area contributed by atoms with Crippen molar-refractivity contribution in [2.24, 2.45) is 17.3 Å². The van der Waals surface area contributed by atoms with E-state index in [-0.39, 0.29) is 49.4 Å². The smallest absolute Gasteiger partial charge is 0.350 e. The van der Waals surface area contributed by atoms with Crippen molar-refractivity contribution in [2.45, 2.75) is 159 Å². The summed E-state index contributed by atoms with van der Waals surface area (Å²) in [5.41, 5.74) is -0.264. The summed E-state index contributed by atoms with van der Waals surface area (Å²) in [5.74, 6) is -7.76. The number of sulfone groups is 1. The van der Waals surface area contributed by atoms with Gasteiger partial charge in [-0.2, -0.15) is 18.3 Å². The van der Waals surface area contributed by atoms with Crippen LogP contribution in [0, 0.1) is 24.2 Å². The van der Waals surface area contributed by atoms with E-state index in [1.54, 1.807) is 55.1 Å². The molecule has 0 bridgehead atoms. The molecule has 5 amide bonds. The highest BCUT2D eigenvalue weighted by Gasteiger charge is 2.75. The Bertz CT molecular complexity index is 2440. The van der Waals surface area contributed by atoms with E-state index in [0.717, 1.165) is 42.2 Å². The molecule has 1 aromatic heterocycles. The summed E-state index contributed by atoms with van der Waals surface area (Å²) in [6.45, 7) is 5.60. The number of carbonyl (C=O) groups is 5. The van der Waals surface area contributed by atoms with Crippen LogP contribution in [0.25, 0.3) is 11.1 Å². The Morgan fingerprint density at radius 3 is 2.30 bits per heavy atom. The minimum Gasteiger partial charge on any atom is -0.350 e. The second-order valence-corrected chi connectivity index (χ2v) is 24.7. The molecular formula is C51H75F6N8O7S+. The first-order valence-corrected chi connectivity index (χ1v) is 27.6. The number of likely N-dealkylation sites (N-methyl/N-ethyl adjacent to an activating group) is 3. The van der Waals surface area contributed by atoms with Crippen LogP contribution in [-0.4, -0.2) is 175 Å². The molecule has 2 saturated heterocycles. The third-order valence-electron chi connectivity index (χ3n) is 15.3. The molecule has 4 aliphatic rings. The van der Waals surface area contributed by atoms with Crippen molar-refractivity contribution in [3.05, 3.63) is 41.7 Å². The highest BCUT2D eigenvalue weighted by Crippen LogP contribution is 2.61. The monoisotopic (exact) mass is 1060 g/mol. The lowest BCUT2D eigenvalue weighted by Crippen LogP contribution is -2.66. The van der Waals surface area contributed by atoms with Crippen molar-refractivity contribution >= 4 is 39.4 Å². The van der Waals surface area contributed by atoms with Crippen LogP contribution in [0.15, 0.2) is 30.6 Å². The molecule has 0 unspecified atom stereocenters. The molecule has 6 rings (SSSR count). The molecule has 1 aromatic carbocycles. The number of rotatable bonds is 15. The van der Waals surface area contributed by atoms with Gasteiger partial charge in [0, 0.05) is 69.9 Å². The molecule has 22 heteroatoms. The van der Waals surface area contributed by atoms with E-state index in [0.29, 0.717) is 49.1 Å². The highest BCUT2D eigenvalue weighted by molar-refractivity contribution is 7.90. The number of nitrogens with zero attached hydrogens (tertiary/aromatic N) is 6. The van der Waals surface area contributed by atoms with Gasteiger partial charge < -0.3 is 20.4 Å². The van der Waals surface area contributed by atoms with Gasteiger partial charge in [0.15, 0.2) is 11.5 Å². The van der Waals surface area contributed by atoms with E-state index >= 15 is 4.79 Å². The number of alkyl halides is 6. The number of nitrogens with one attached hydrogen (secondary N) is 2. The Kier molecular flexibility index (Phi) is 18.0. The molecule has 2 saturated carbocycles. The number of carbonyl (C=O) groups excluding carboxylic acids is 5. The predicted octanol–water partition coefficient (Wildman–Crippen LogP) is 5.87. The molecule has 2 aliphatic carbocycles. The standard InChI is InChI=1S/C51H74F6N8O7S/c1-32(2)22-39-47(69)65(6,7)43(24-35-23-33(3)15-18-38(35)36-26-58-63(27-36)20-21-73(8,71)72)46(68)61(4)19-13-11-9-10-12-14-41(44(66)59-39)62(5)29-40(34-16-17-34)60-45(67)42-25-37(52)28-64(42)48(70)49(51(55,56)57)30-50(53,54)31-49/h15,18,23,26-27,32,34,37,39-43H,9-14,16-17,19-22,24-25,28-31H2,1-8H3,(H-,59,60,66,67)/p+1/t37-,39+,40-,41+,42+,43+/m1/s1. The molecule has 6 atom stereocenters. The van der Waals surface area contributed by atoms with Gasteiger partial charge in [-0.1, -0.05) is 63.3 Å². The number of aromatic nitrogens is 2. The molecule has 0 radical (unpaired) electrons. The van der Waals surface area contributed by atoms with Gasteiger partial charge >= 0.3 is 12.1 Å². The molecule has 4 fully saturated rings. The topological polar surface area (TPSA) is 171 Å². The molecule has 0 spiro atoms. The van der Waals surface area contributed by atoms with Gasteiger partial charge in [-0.25, -0.2) is 26.4 Å². The number of hydrogen-bond acceptors (Lipinski definition) is 9. The van der Waals surface area contributed by atoms with Gasteiger partial charge in [-0.15, -0.1) is 0 Å². The first-order chi connectivity index (χ1) is 33.9. The van der Waals surface area contributed by atoms with E-state index in [2.05, 4.69) is 15.7 Å². The minimum absolute atomic E-state index is 0.0790. The molecule has 2 aromatic rings. The van der Waals surface area contributed by atoms with Crippen LogP contribution in [-0.2, 0) is 46.8 Å². The summed E-state index contributed by atoms with van der Waals surface area (Å²) in [6.07, 6.45) is -1.05. The lowest BCUT2D eigenvalue weighted by Gasteiger charge is -2.48. The maximum Gasteiger partial charge on any atom is 0.403 e. The third kappa shape index (κ3) is 14.0. The summed E-state index contributed by atoms with van der Waals surface area (Å²) >= 11 is 0.